The van der Waals surface area contributed by atoms with Crippen LogP contribution >= 0.6 is 0 Å². The fraction of sp³-hybridized carbons (Fsp3) is 0.786. The molecule has 0 unspecified atom stereocenters. The highest BCUT2D eigenvalue weighted by molar-refractivity contribution is 5.20. The zero-order valence-corrected chi connectivity index (χ0v) is 21.5. The molecule has 2 atom stereocenters. The third-order valence-electron chi connectivity index (χ3n) is 6.19. The van der Waals surface area contributed by atoms with Gasteiger partial charge in [-0.3, -0.25) is 0 Å². The predicted molar refractivity (Wildman–Crippen MR) is 135 cm³/mol. The van der Waals surface area contributed by atoms with E-state index < -0.39 is 5.67 Å². The molecule has 0 aromatic carbocycles. The maximum atomic E-state index is 13.9. The van der Waals surface area contributed by atoms with Crippen LogP contribution in [0.5, 0.6) is 0 Å². The topological polar surface area (TPSA) is 31.5 Å². The van der Waals surface area contributed by atoms with Gasteiger partial charge in [0.1, 0.15) is 5.67 Å². The smallest absolute Gasteiger partial charge is 0.111 e. The van der Waals surface area contributed by atoms with Crippen molar-refractivity contribution in [2.24, 2.45) is 17.3 Å². The molecule has 178 valence electrons. The molecule has 30 heavy (non-hydrogen) atoms. The first kappa shape index (κ1) is 31.3. The van der Waals surface area contributed by atoms with E-state index in [9.17, 15) is 4.39 Å². The van der Waals surface area contributed by atoms with Gasteiger partial charge in [-0.2, -0.15) is 0 Å². The SMILES string of the molecule is CC.CC1=CC=CC1.CCCCC(C)(C)CCCC[C@H]1C=C[C@@H](C(C)(C)F)CC1.O. The highest BCUT2D eigenvalue weighted by Gasteiger charge is 2.29. The van der Waals surface area contributed by atoms with E-state index in [0.717, 1.165) is 6.42 Å². The maximum Gasteiger partial charge on any atom is 0.111 e. The van der Waals surface area contributed by atoms with E-state index in [1.54, 1.807) is 13.8 Å². The molecule has 0 amide bonds. The van der Waals surface area contributed by atoms with Crippen LogP contribution < -0.4 is 0 Å². The standard InChI is InChI=1S/C20H37F.C6H8.C2H6.H2O/c1-6-7-15-19(2,3)16-9-8-10-17-11-13-18(14-12-17)20(4,5)21;1-6-4-2-3-5-6;1-2;/h11,13,17-18H,6-10,12,14-16H2,1-5H3;2-4H,5H2,1H3;1-2H3;1H2/t17-,18+;;;/m0.../s1. The van der Waals surface area contributed by atoms with Gasteiger partial charge < -0.3 is 5.48 Å². The van der Waals surface area contributed by atoms with Gasteiger partial charge in [0, 0.05) is 5.92 Å². The van der Waals surface area contributed by atoms with E-state index in [-0.39, 0.29) is 11.4 Å². The zero-order valence-electron chi connectivity index (χ0n) is 21.5. The molecule has 0 aromatic rings. The Kier molecular flexibility index (Phi) is 17.5. The van der Waals surface area contributed by atoms with Crippen LogP contribution in [-0.2, 0) is 0 Å². The van der Waals surface area contributed by atoms with Gasteiger partial charge in [-0.05, 0) is 70.6 Å². The molecule has 0 aliphatic heterocycles. The molecular formula is C28H53FO. The summed E-state index contributed by atoms with van der Waals surface area (Å²) < 4.78 is 13.9. The van der Waals surface area contributed by atoms with Crippen molar-refractivity contribution in [3.05, 3.63) is 36.0 Å². The summed E-state index contributed by atoms with van der Waals surface area (Å²) >= 11 is 0. The molecule has 2 aliphatic rings. The van der Waals surface area contributed by atoms with Crippen LogP contribution in [0, 0.1) is 17.3 Å². The maximum absolute atomic E-state index is 13.9. The van der Waals surface area contributed by atoms with E-state index >= 15 is 0 Å². The lowest BCUT2D eigenvalue weighted by molar-refractivity contribution is 0.137. The fourth-order valence-electron chi connectivity index (χ4n) is 4.03. The molecule has 0 radical (unpaired) electrons. The fourth-order valence-corrected chi connectivity index (χ4v) is 4.03. The van der Waals surface area contributed by atoms with Crippen molar-refractivity contribution in [2.75, 3.05) is 0 Å². The average molecular weight is 425 g/mol. The number of unbranched alkanes of at least 4 members (excludes halogenated alkanes) is 2. The first-order valence-corrected chi connectivity index (χ1v) is 12.3. The Morgan fingerprint density at radius 3 is 2.00 bits per heavy atom. The summed E-state index contributed by atoms with van der Waals surface area (Å²) in [4.78, 5) is 0. The molecule has 2 N–H and O–H groups in total. The Balaban J connectivity index is 0. The Labute approximate surface area is 188 Å². The highest BCUT2D eigenvalue weighted by atomic mass is 19.1. The van der Waals surface area contributed by atoms with E-state index in [1.807, 2.05) is 13.8 Å². The van der Waals surface area contributed by atoms with Crippen molar-refractivity contribution >= 4 is 0 Å². The number of allylic oxidation sites excluding steroid dienone is 6. The van der Waals surface area contributed by atoms with Crippen molar-refractivity contribution < 1.29 is 9.87 Å². The zero-order chi connectivity index (χ0) is 22.3. The van der Waals surface area contributed by atoms with E-state index in [1.165, 1.54) is 63.4 Å². The average Bonchev–Trinajstić information content (AvgIpc) is 3.16. The van der Waals surface area contributed by atoms with Gasteiger partial charge in [0.25, 0.3) is 0 Å². The molecular weight excluding hydrogens is 371 g/mol. The minimum atomic E-state index is -1.05. The molecule has 0 aromatic heterocycles. The summed E-state index contributed by atoms with van der Waals surface area (Å²) in [5, 5.41) is 0. The summed E-state index contributed by atoms with van der Waals surface area (Å²) in [7, 11) is 0. The quantitative estimate of drug-likeness (QED) is 0.261. The molecule has 0 saturated heterocycles. The second-order valence-electron chi connectivity index (χ2n) is 10.1. The number of hydrogen-bond acceptors (Lipinski definition) is 0. The largest absolute Gasteiger partial charge is 0.412 e. The van der Waals surface area contributed by atoms with Crippen molar-refractivity contribution in [2.45, 2.75) is 125 Å². The van der Waals surface area contributed by atoms with Gasteiger partial charge in [-0.1, -0.05) is 96.3 Å². The van der Waals surface area contributed by atoms with E-state index in [0.29, 0.717) is 11.3 Å². The van der Waals surface area contributed by atoms with Crippen LogP contribution in [0.25, 0.3) is 0 Å². The monoisotopic (exact) mass is 424 g/mol. The van der Waals surface area contributed by atoms with Gasteiger partial charge in [0.2, 0.25) is 0 Å². The van der Waals surface area contributed by atoms with Crippen molar-refractivity contribution in [1.82, 2.24) is 0 Å². The number of hydrogen-bond donors (Lipinski definition) is 0. The Bertz CT molecular complexity index is 493. The molecule has 2 aliphatic carbocycles. The summed E-state index contributed by atoms with van der Waals surface area (Å²) in [5.74, 6) is 0.823. The lowest BCUT2D eigenvalue weighted by Crippen LogP contribution is -2.26. The third-order valence-corrected chi connectivity index (χ3v) is 6.19. The van der Waals surface area contributed by atoms with Gasteiger partial charge >= 0.3 is 0 Å². The van der Waals surface area contributed by atoms with Crippen LogP contribution in [-0.4, -0.2) is 11.1 Å². The van der Waals surface area contributed by atoms with Crippen molar-refractivity contribution in [3.8, 4) is 0 Å². The molecule has 2 heteroatoms. The summed E-state index contributed by atoms with van der Waals surface area (Å²) in [6.07, 6.45) is 23.5. The second kappa shape index (κ2) is 16.8. The molecule has 2 rings (SSSR count). The normalized spacial score (nSPS) is 20.4. The van der Waals surface area contributed by atoms with Gasteiger partial charge in [-0.25, -0.2) is 4.39 Å². The lowest BCUT2D eigenvalue weighted by atomic mass is 9.78. The Morgan fingerprint density at radius 1 is 0.967 bits per heavy atom. The molecule has 0 fully saturated rings. The minimum absolute atomic E-state index is 0. The summed E-state index contributed by atoms with van der Waals surface area (Å²) in [6.45, 7) is 16.7. The second-order valence-corrected chi connectivity index (χ2v) is 10.1. The lowest BCUT2D eigenvalue weighted by Gasteiger charge is -2.30. The molecule has 1 nitrogen and oxygen atoms in total. The molecule has 0 saturated carbocycles. The van der Waals surface area contributed by atoms with Gasteiger partial charge in [0.05, 0.1) is 0 Å². The predicted octanol–water partition coefficient (Wildman–Crippen LogP) is 9.19. The summed E-state index contributed by atoms with van der Waals surface area (Å²) in [6, 6.07) is 0. The number of alkyl halides is 1. The molecule has 0 bridgehead atoms. The van der Waals surface area contributed by atoms with E-state index in [4.69, 9.17) is 0 Å². The van der Waals surface area contributed by atoms with Gasteiger partial charge in [-0.15, -0.1) is 0 Å². The third kappa shape index (κ3) is 15.0. The number of halogens is 1. The van der Waals surface area contributed by atoms with Gasteiger partial charge in [0.15, 0.2) is 0 Å². The van der Waals surface area contributed by atoms with Crippen LogP contribution in [0.3, 0.4) is 0 Å². The highest BCUT2D eigenvalue weighted by Crippen LogP contribution is 2.35. The Morgan fingerprint density at radius 2 is 1.60 bits per heavy atom. The van der Waals surface area contributed by atoms with Crippen LogP contribution in [0.2, 0.25) is 0 Å². The first-order chi connectivity index (χ1) is 13.6. The van der Waals surface area contributed by atoms with Crippen LogP contribution in [0.1, 0.15) is 120 Å². The molecule has 0 spiro atoms. The van der Waals surface area contributed by atoms with Crippen molar-refractivity contribution in [1.29, 1.82) is 0 Å². The van der Waals surface area contributed by atoms with Crippen LogP contribution in [0.15, 0.2) is 36.0 Å². The first-order valence-electron chi connectivity index (χ1n) is 12.3. The molecule has 0 heterocycles. The number of rotatable bonds is 9. The Hall–Kier alpha value is -0.890. The van der Waals surface area contributed by atoms with E-state index in [2.05, 4.69) is 58.1 Å². The summed E-state index contributed by atoms with van der Waals surface area (Å²) in [5.41, 5.74) is 0.932. The van der Waals surface area contributed by atoms with Crippen molar-refractivity contribution in [3.63, 3.8) is 0 Å². The van der Waals surface area contributed by atoms with Crippen LogP contribution in [0.4, 0.5) is 4.39 Å². The minimum Gasteiger partial charge on any atom is -0.412 e.